The molecule has 1 saturated heterocycles. The number of nitrogens with one attached hydrogen (secondary N) is 1. The van der Waals surface area contributed by atoms with Crippen LogP contribution in [0.2, 0.25) is 0 Å². The number of nitrogens with two attached hydrogens (primary N) is 1. The molecule has 1 aliphatic carbocycles. The Morgan fingerprint density at radius 2 is 1.84 bits per heavy atom. The van der Waals surface area contributed by atoms with Gasteiger partial charge in [0.15, 0.2) is 0 Å². The summed E-state index contributed by atoms with van der Waals surface area (Å²) in [5.41, 5.74) is 6.10. The van der Waals surface area contributed by atoms with Gasteiger partial charge in [-0.3, -0.25) is 4.79 Å². The fourth-order valence-electron chi connectivity index (χ4n) is 4.33. The molecule has 0 spiro atoms. The Kier molecular flexibility index (Phi) is 6.07. The van der Waals surface area contributed by atoms with Crippen LogP contribution in [0.1, 0.15) is 50.5 Å². The number of carbonyl (C=O) groups excluding carboxylic acids is 1. The van der Waals surface area contributed by atoms with Crippen molar-refractivity contribution in [3.8, 4) is 0 Å². The number of hydrogen-bond donors (Lipinski definition) is 2. The third-order valence-corrected chi connectivity index (χ3v) is 5.91. The number of rotatable bonds is 5. The average molecular weight is 348 g/mol. The van der Waals surface area contributed by atoms with E-state index in [1.165, 1.54) is 31.4 Å². The summed E-state index contributed by atoms with van der Waals surface area (Å²) in [5, 5.41) is 3.30. The SMILES string of the molecule is NC[C@H](OC(=O)C1(c2ccc(F)cc2)CCNCC1)C1CCCCC1. The van der Waals surface area contributed by atoms with Crippen LogP contribution in [0.5, 0.6) is 0 Å². The summed E-state index contributed by atoms with van der Waals surface area (Å²) in [6, 6.07) is 6.29. The highest BCUT2D eigenvalue weighted by Gasteiger charge is 2.44. The molecule has 0 unspecified atom stereocenters. The fourth-order valence-corrected chi connectivity index (χ4v) is 4.33. The van der Waals surface area contributed by atoms with E-state index in [4.69, 9.17) is 10.5 Å². The number of halogens is 1. The lowest BCUT2D eigenvalue weighted by atomic mass is 9.73. The van der Waals surface area contributed by atoms with Crippen LogP contribution in [-0.2, 0) is 14.9 Å². The lowest BCUT2D eigenvalue weighted by molar-refractivity contribution is -0.160. The average Bonchev–Trinajstić information content (AvgIpc) is 2.67. The summed E-state index contributed by atoms with van der Waals surface area (Å²) in [7, 11) is 0. The quantitative estimate of drug-likeness (QED) is 0.803. The van der Waals surface area contributed by atoms with Crippen molar-refractivity contribution in [3.05, 3.63) is 35.6 Å². The minimum atomic E-state index is -0.693. The molecule has 4 nitrogen and oxygen atoms in total. The number of esters is 1. The van der Waals surface area contributed by atoms with Crippen LogP contribution in [0.4, 0.5) is 4.39 Å². The van der Waals surface area contributed by atoms with Crippen LogP contribution >= 0.6 is 0 Å². The zero-order valence-electron chi connectivity index (χ0n) is 14.8. The van der Waals surface area contributed by atoms with Gasteiger partial charge in [0.1, 0.15) is 11.9 Å². The summed E-state index contributed by atoms with van der Waals surface area (Å²) in [4.78, 5) is 13.2. The Morgan fingerprint density at radius 1 is 1.20 bits per heavy atom. The maximum atomic E-state index is 13.3. The molecule has 0 bridgehead atoms. The Labute approximate surface area is 149 Å². The lowest BCUT2D eigenvalue weighted by Gasteiger charge is -2.38. The van der Waals surface area contributed by atoms with E-state index >= 15 is 0 Å². The molecule has 2 aliphatic rings. The first-order valence-corrected chi connectivity index (χ1v) is 9.53. The number of ether oxygens (including phenoxy) is 1. The first kappa shape index (κ1) is 18.3. The second-order valence-corrected chi connectivity index (χ2v) is 7.42. The molecule has 5 heteroatoms. The maximum absolute atomic E-state index is 13.3. The van der Waals surface area contributed by atoms with E-state index in [1.54, 1.807) is 12.1 Å². The van der Waals surface area contributed by atoms with Crippen molar-refractivity contribution < 1.29 is 13.9 Å². The van der Waals surface area contributed by atoms with Crippen LogP contribution in [0.3, 0.4) is 0 Å². The van der Waals surface area contributed by atoms with Gasteiger partial charge in [0.25, 0.3) is 0 Å². The molecule has 2 fully saturated rings. The summed E-state index contributed by atoms with van der Waals surface area (Å²) in [6.45, 7) is 1.88. The highest BCUT2D eigenvalue weighted by molar-refractivity contribution is 5.83. The Bertz CT molecular complexity index is 564. The molecule has 3 rings (SSSR count). The van der Waals surface area contributed by atoms with Gasteiger partial charge in [-0.05, 0) is 62.4 Å². The van der Waals surface area contributed by atoms with Gasteiger partial charge in [0.2, 0.25) is 0 Å². The zero-order valence-corrected chi connectivity index (χ0v) is 14.8. The van der Waals surface area contributed by atoms with Crippen molar-refractivity contribution in [1.29, 1.82) is 0 Å². The van der Waals surface area contributed by atoms with Gasteiger partial charge >= 0.3 is 5.97 Å². The molecule has 1 saturated carbocycles. The van der Waals surface area contributed by atoms with Crippen molar-refractivity contribution in [2.24, 2.45) is 11.7 Å². The van der Waals surface area contributed by atoms with Crippen molar-refractivity contribution in [2.45, 2.75) is 56.5 Å². The van der Waals surface area contributed by atoms with Gasteiger partial charge in [-0.15, -0.1) is 0 Å². The highest BCUT2D eigenvalue weighted by atomic mass is 19.1. The van der Waals surface area contributed by atoms with Crippen molar-refractivity contribution in [2.75, 3.05) is 19.6 Å². The van der Waals surface area contributed by atoms with Gasteiger partial charge in [-0.1, -0.05) is 31.4 Å². The molecular formula is C20H29FN2O2. The minimum absolute atomic E-state index is 0.193. The number of piperidine rings is 1. The molecule has 0 radical (unpaired) electrons. The van der Waals surface area contributed by atoms with Crippen molar-refractivity contribution in [1.82, 2.24) is 5.32 Å². The minimum Gasteiger partial charge on any atom is -0.460 e. The molecule has 138 valence electrons. The number of benzene rings is 1. The lowest BCUT2D eigenvalue weighted by Crippen LogP contribution is -2.49. The Balaban J connectivity index is 1.80. The van der Waals surface area contributed by atoms with Gasteiger partial charge in [0.05, 0.1) is 5.41 Å². The van der Waals surface area contributed by atoms with Gasteiger partial charge in [0, 0.05) is 6.54 Å². The standard InChI is InChI=1S/C20H29FN2O2/c21-17-8-6-16(7-9-17)20(10-12-23-13-11-20)19(24)25-18(14-22)15-4-2-1-3-5-15/h6-9,15,18,23H,1-5,10-14,22H2/t18-/m0/s1. The molecule has 25 heavy (non-hydrogen) atoms. The molecule has 1 aromatic rings. The molecule has 1 atom stereocenters. The molecule has 1 aromatic carbocycles. The molecular weight excluding hydrogens is 319 g/mol. The van der Waals surface area contributed by atoms with Crippen LogP contribution in [-0.4, -0.2) is 31.7 Å². The predicted molar refractivity (Wildman–Crippen MR) is 95.7 cm³/mol. The summed E-state index contributed by atoms with van der Waals surface area (Å²) >= 11 is 0. The third-order valence-electron chi connectivity index (χ3n) is 5.91. The Morgan fingerprint density at radius 3 is 2.44 bits per heavy atom. The second kappa shape index (κ2) is 8.28. The number of hydrogen-bond acceptors (Lipinski definition) is 4. The molecule has 1 aliphatic heterocycles. The number of carbonyl (C=O) groups is 1. The normalized spacial score (nSPS) is 22.3. The summed E-state index contributed by atoms with van der Waals surface area (Å²) in [6.07, 6.45) is 6.92. The predicted octanol–water partition coefficient (Wildman–Crippen LogP) is 2.90. The van der Waals surface area contributed by atoms with Gasteiger partial charge < -0.3 is 15.8 Å². The first-order valence-electron chi connectivity index (χ1n) is 9.53. The molecule has 0 amide bonds. The Hall–Kier alpha value is -1.46. The van der Waals surface area contributed by atoms with Gasteiger partial charge in [-0.25, -0.2) is 4.39 Å². The van der Waals surface area contributed by atoms with Crippen molar-refractivity contribution >= 4 is 5.97 Å². The molecule has 3 N–H and O–H groups in total. The summed E-state index contributed by atoms with van der Waals surface area (Å²) < 4.78 is 19.3. The van der Waals surface area contributed by atoms with Crippen LogP contribution in [0.15, 0.2) is 24.3 Å². The van der Waals surface area contributed by atoms with E-state index in [-0.39, 0.29) is 17.9 Å². The van der Waals surface area contributed by atoms with E-state index in [0.29, 0.717) is 25.3 Å². The van der Waals surface area contributed by atoms with Crippen molar-refractivity contribution in [3.63, 3.8) is 0 Å². The van der Waals surface area contributed by atoms with Crippen LogP contribution < -0.4 is 11.1 Å². The van der Waals surface area contributed by atoms with Crippen LogP contribution in [0, 0.1) is 11.7 Å². The molecule has 0 aromatic heterocycles. The van der Waals surface area contributed by atoms with E-state index in [2.05, 4.69) is 5.32 Å². The highest BCUT2D eigenvalue weighted by Crippen LogP contribution is 2.37. The largest absolute Gasteiger partial charge is 0.460 e. The zero-order chi connectivity index (χ0) is 17.7. The first-order chi connectivity index (χ1) is 12.2. The van der Waals surface area contributed by atoms with E-state index < -0.39 is 5.41 Å². The smallest absolute Gasteiger partial charge is 0.316 e. The third kappa shape index (κ3) is 4.04. The van der Waals surface area contributed by atoms with E-state index in [0.717, 1.165) is 31.5 Å². The van der Waals surface area contributed by atoms with Crippen LogP contribution in [0.25, 0.3) is 0 Å². The monoisotopic (exact) mass is 348 g/mol. The fraction of sp³-hybridized carbons (Fsp3) is 0.650. The molecule has 1 heterocycles. The van der Waals surface area contributed by atoms with E-state index in [9.17, 15) is 9.18 Å². The summed E-state index contributed by atoms with van der Waals surface area (Å²) in [5.74, 6) is -0.112. The topological polar surface area (TPSA) is 64.3 Å². The van der Waals surface area contributed by atoms with Gasteiger partial charge in [-0.2, -0.15) is 0 Å². The maximum Gasteiger partial charge on any atom is 0.316 e. The van der Waals surface area contributed by atoms with E-state index in [1.807, 2.05) is 0 Å². The second-order valence-electron chi connectivity index (χ2n) is 7.42.